The molecule has 1 aromatic carbocycles. The molecule has 1 aliphatic rings. The van der Waals surface area contributed by atoms with Gasteiger partial charge >= 0.3 is 0 Å². The van der Waals surface area contributed by atoms with Crippen LogP contribution >= 0.6 is 0 Å². The van der Waals surface area contributed by atoms with Crippen LogP contribution in [0.5, 0.6) is 0 Å². The summed E-state index contributed by atoms with van der Waals surface area (Å²) >= 11 is 0. The van der Waals surface area contributed by atoms with Crippen molar-refractivity contribution in [3.8, 4) is 0 Å². The van der Waals surface area contributed by atoms with E-state index in [0.29, 0.717) is 31.9 Å². The molecule has 0 radical (unpaired) electrons. The number of ether oxygens (including phenoxy) is 2. The molecule has 0 bridgehead atoms. The minimum Gasteiger partial charge on any atom is -0.383 e. The predicted octanol–water partition coefficient (Wildman–Crippen LogP) is -0.143. The summed E-state index contributed by atoms with van der Waals surface area (Å²) < 4.78 is 37.7. The molecule has 3 N–H and O–H groups in total. The Morgan fingerprint density at radius 2 is 1.80 bits per heavy atom. The lowest BCUT2D eigenvalue weighted by Gasteiger charge is -2.34. The maximum atomic E-state index is 12.9. The number of hydrogen-bond donors (Lipinski definition) is 2. The van der Waals surface area contributed by atoms with Crippen molar-refractivity contribution >= 4 is 27.5 Å². The predicted molar refractivity (Wildman–Crippen MR) is 111 cm³/mol. The van der Waals surface area contributed by atoms with Gasteiger partial charge in [0.2, 0.25) is 21.8 Å². The third-order valence-corrected chi connectivity index (χ3v) is 6.37. The van der Waals surface area contributed by atoms with E-state index >= 15 is 0 Å². The molecule has 30 heavy (non-hydrogen) atoms. The Labute approximate surface area is 177 Å². The van der Waals surface area contributed by atoms with Gasteiger partial charge in [0.15, 0.2) is 0 Å². The second-order valence-electron chi connectivity index (χ2n) is 7.32. The maximum absolute atomic E-state index is 12.9. The number of amides is 2. The number of anilines is 1. The standard InChI is InChI=1S/C19H30N4O6S/c1-14-10-23(11-15(2)29-14)30(26,27)17-6-4-16(5-7-17)21-19(25)13-22(8-9-28-3)12-18(20)24/h4-7,14-15H,8-13H2,1-3H3,(H2,20,24)(H,21,25). The molecule has 1 aromatic rings. The van der Waals surface area contributed by atoms with E-state index in [1.807, 2.05) is 13.8 Å². The second-order valence-corrected chi connectivity index (χ2v) is 9.26. The topological polar surface area (TPSA) is 131 Å². The Morgan fingerprint density at radius 3 is 2.33 bits per heavy atom. The van der Waals surface area contributed by atoms with Crippen molar-refractivity contribution in [2.75, 3.05) is 51.8 Å². The van der Waals surface area contributed by atoms with Crippen LogP contribution in [-0.4, -0.2) is 88.1 Å². The van der Waals surface area contributed by atoms with Gasteiger partial charge in [-0.3, -0.25) is 14.5 Å². The van der Waals surface area contributed by atoms with E-state index in [1.54, 1.807) is 4.90 Å². The quantitative estimate of drug-likeness (QED) is 0.515. The number of primary amides is 1. The SMILES string of the molecule is COCCN(CC(N)=O)CC(=O)Nc1ccc(S(=O)(=O)N2CC(C)OC(C)C2)cc1. The Balaban J connectivity index is 2.00. The number of nitrogens with two attached hydrogens (primary N) is 1. The molecule has 10 nitrogen and oxygen atoms in total. The molecule has 1 fully saturated rings. The van der Waals surface area contributed by atoms with Crippen LogP contribution in [0, 0.1) is 0 Å². The van der Waals surface area contributed by atoms with E-state index in [-0.39, 0.29) is 36.1 Å². The van der Waals surface area contributed by atoms with Crippen LogP contribution in [-0.2, 0) is 29.1 Å². The van der Waals surface area contributed by atoms with Gasteiger partial charge < -0.3 is 20.5 Å². The molecule has 2 rings (SSSR count). The highest BCUT2D eigenvalue weighted by atomic mass is 32.2. The maximum Gasteiger partial charge on any atom is 0.243 e. The van der Waals surface area contributed by atoms with Gasteiger partial charge in [0.05, 0.1) is 36.8 Å². The summed E-state index contributed by atoms with van der Waals surface area (Å²) in [7, 11) is -2.12. The Morgan fingerprint density at radius 1 is 1.20 bits per heavy atom. The summed E-state index contributed by atoms with van der Waals surface area (Å²) in [6.07, 6.45) is -0.355. The number of morpholine rings is 1. The molecule has 0 aliphatic carbocycles. The van der Waals surface area contributed by atoms with Crippen LogP contribution < -0.4 is 11.1 Å². The van der Waals surface area contributed by atoms with Crippen molar-refractivity contribution in [1.29, 1.82) is 0 Å². The Bertz CT molecular complexity index is 820. The number of nitrogens with zero attached hydrogens (tertiary/aromatic N) is 2. The van der Waals surface area contributed by atoms with Gasteiger partial charge in [0.25, 0.3) is 0 Å². The highest BCUT2D eigenvalue weighted by Crippen LogP contribution is 2.22. The number of benzene rings is 1. The highest BCUT2D eigenvalue weighted by Gasteiger charge is 2.32. The lowest BCUT2D eigenvalue weighted by atomic mass is 10.3. The molecular formula is C19H30N4O6S. The van der Waals surface area contributed by atoms with Crippen LogP contribution in [0.25, 0.3) is 0 Å². The van der Waals surface area contributed by atoms with Gasteiger partial charge in [0.1, 0.15) is 0 Å². The fourth-order valence-electron chi connectivity index (χ4n) is 3.24. The van der Waals surface area contributed by atoms with E-state index in [9.17, 15) is 18.0 Å². The van der Waals surface area contributed by atoms with E-state index in [0.717, 1.165) is 0 Å². The third kappa shape index (κ3) is 7.03. The number of rotatable bonds is 10. The second kappa shape index (κ2) is 10.8. The zero-order valence-electron chi connectivity index (χ0n) is 17.5. The zero-order valence-corrected chi connectivity index (χ0v) is 18.4. The first-order valence-corrected chi connectivity index (χ1v) is 11.1. The lowest BCUT2D eigenvalue weighted by Crippen LogP contribution is -2.48. The van der Waals surface area contributed by atoms with Gasteiger partial charge in [-0.15, -0.1) is 0 Å². The van der Waals surface area contributed by atoms with E-state index in [1.165, 1.54) is 35.7 Å². The number of methoxy groups -OCH3 is 1. The average molecular weight is 443 g/mol. The molecule has 168 valence electrons. The van der Waals surface area contributed by atoms with Gasteiger partial charge in [-0.05, 0) is 38.1 Å². The molecule has 1 aliphatic heterocycles. The van der Waals surface area contributed by atoms with Crippen molar-refractivity contribution in [3.05, 3.63) is 24.3 Å². The van der Waals surface area contributed by atoms with Crippen LogP contribution in [0.15, 0.2) is 29.2 Å². The minimum absolute atomic E-state index is 0.0457. The number of nitrogens with one attached hydrogen (secondary N) is 1. The van der Waals surface area contributed by atoms with Gasteiger partial charge in [-0.2, -0.15) is 4.31 Å². The van der Waals surface area contributed by atoms with Crippen molar-refractivity contribution in [3.63, 3.8) is 0 Å². The van der Waals surface area contributed by atoms with Crippen LogP contribution in [0.1, 0.15) is 13.8 Å². The summed E-state index contributed by atoms with van der Waals surface area (Å²) in [6.45, 7) is 4.88. The third-order valence-electron chi connectivity index (χ3n) is 4.52. The number of sulfonamides is 1. The van der Waals surface area contributed by atoms with Crippen molar-refractivity contribution in [1.82, 2.24) is 9.21 Å². The summed E-state index contributed by atoms with van der Waals surface area (Å²) in [5.74, 6) is -0.890. The molecule has 11 heteroatoms. The summed E-state index contributed by atoms with van der Waals surface area (Å²) in [5, 5.41) is 2.69. The molecule has 2 unspecified atom stereocenters. The fourth-order valence-corrected chi connectivity index (χ4v) is 4.84. The zero-order chi connectivity index (χ0) is 22.3. The van der Waals surface area contributed by atoms with Crippen LogP contribution in [0.2, 0.25) is 0 Å². The molecule has 1 saturated heterocycles. The minimum atomic E-state index is -3.65. The Hall–Kier alpha value is -2.05. The molecular weight excluding hydrogens is 412 g/mol. The van der Waals surface area contributed by atoms with E-state index in [4.69, 9.17) is 15.2 Å². The number of hydrogen-bond acceptors (Lipinski definition) is 7. The smallest absolute Gasteiger partial charge is 0.243 e. The molecule has 0 saturated carbocycles. The van der Waals surface area contributed by atoms with Gasteiger partial charge in [0, 0.05) is 32.4 Å². The molecule has 1 heterocycles. The highest BCUT2D eigenvalue weighted by molar-refractivity contribution is 7.89. The Kier molecular flexibility index (Phi) is 8.74. The lowest BCUT2D eigenvalue weighted by molar-refractivity contribution is -0.121. The summed E-state index contributed by atoms with van der Waals surface area (Å²) in [6, 6.07) is 5.99. The van der Waals surface area contributed by atoms with Crippen LogP contribution in [0.3, 0.4) is 0 Å². The largest absolute Gasteiger partial charge is 0.383 e. The van der Waals surface area contributed by atoms with Gasteiger partial charge in [-0.1, -0.05) is 0 Å². The summed E-state index contributed by atoms with van der Waals surface area (Å²) in [4.78, 5) is 25.2. The van der Waals surface area contributed by atoms with Crippen molar-refractivity contribution in [2.24, 2.45) is 5.73 Å². The monoisotopic (exact) mass is 442 g/mol. The first-order valence-electron chi connectivity index (χ1n) is 9.67. The number of carbonyl (C=O) groups is 2. The molecule has 0 spiro atoms. The van der Waals surface area contributed by atoms with E-state index in [2.05, 4.69) is 5.32 Å². The summed E-state index contributed by atoms with van der Waals surface area (Å²) in [5.41, 5.74) is 5.66. The normalized spacial score (nSPS) is 20.3. The first kappa shape index (κ1) is 24.2. The molecule has 0 aromatic heterocycles. The fraction of sp³-hybridized carbons (Fsp3) is 0.579. The first-order chi connectivity index (χ1) is 14.1. The molecule has 2 atom stereocenters. The number of carbonyl (C=O) groups excluding carboxylic acids is 2. The van der Waals surface area contributed by atoms with Crippen LogP contribution in [0.4, 0.5) is 5.69 Å². The van der Waals surface area contributed by atoms with E-state index < -0.39 is 15.9 Å². The molecule has 2 amide bonds. The van der Waals surface area contributed by atoms with Crippen molar-refractivity contribution < 1.29 is 27.5 Å². The average Bonchev–Trinajstić information content (AvgIpc) is 2.65. The van der Waals surface area contributed by atoms with Gasteiger partial charge in [-0.25, -0.2) is 8.42 Å². The van der Waals surface area contributed by atoms with Crippen molar-refractivity contribution in [2.45, 2.75) is 31.0 Å².